The first-order chi connectivity index (χ1) is 8.16. The zero-order valence-corrected chi connectivity index (χ0v) is 11.2. The van der Waals surface area contributed by atoms with E-state index in [0.29, 0.717) is 0 Å². The summed E-state index contributed by atoms with van der Waals surface area (Å²) in [4.78, 5) is 12.1. The predicted molar refractivity (Wildman–Crippen MR) is 70.7 cm³/mol. The molecule has 88 valence electrons. The van der Waals surface area contributed by atoms with Crippen LogP contribution in [0, 0.1) is 6.92 Å². The summed E-state index contributed by atoms with van der Waals surface area (Å²) in [5.41, 5.74) is 0.744. The summed E-state index contributed by atoms with van der Waals surface area (Å²) in [5.74, 6) is 0.128. The number of nitrogens with zero attached hydrogens (tertiary/aromatic N) is 2. The molecule has 17 heavy (non-hydrogen) atoms. The molecule has 1 atom stereocenters. The Morgan fingerprint density at radius 2 is 2.00 bits per heavy atom. The predicted octanol–water partition coefficient (Wildman–Crippen LogP) is 3.21. The lowest BCUT2D eigenvalue weighted by Crippen LogP contribution is -2.13. The molecule has 0 aliphatic carbocycles. The summed E-state index contributed by atoms with van der Waals surface area (Å²) in [6.07, 6.45) is 0. The Morgan fingerprint density at radius 1 is 1.29 bits per heavy atom. The van der Waals surface area contributed by atoms with Gasteiger partial charge in [-0.1, -0.05) is 53.4 Å². The highest BCUT2D eigenvalue weighted by atomic mass is 32.2. The largest absolute Gasteiger partial charge is 0.293 e. The van der Waals surface area contributed by atoms with Crippen molar-refractivity contribution in [2.45, 2.75) is 23.4 Å². The topological polar surface area (TPSA) is 42.9 Å². The average molecular weight is 264 g/mol. The molecule has 3 nitrogen and oxygen atoms in total. The standard InChI is InChI=1S/C12H12N2OS2/c1-8(16-12-14-13-9(2)17-12)11(15)10-6-4-3-5-7-10/h3-8H,1-2H3/t8-/m0/s1. The second-order valence-corrected chi connectivity index (χ2v) is 6.35. The molecule has 0 spiro atoms. The Hall–Kier alpha value is -1.20. The van der Waals surface area contributed by atoms with Gasteiger partial charge in [0.2, 0.25) is 0 Å². The van der Waals surface area contributed by atoms with Gasteiger partial charge in [0, 0.05) is 5.56 Å². The SMILES string of the molecule is Cc1nnc(S[C@@H](C)C(=O)c2ccccc2)s1. The van der Waals surface area contributed by atoms with E-state index in [1.807, 2.05) is 44.2 Å². The molecule has 1 heterocycles. The van der Waals surface area contributed by atoms with Crippen molar-refractivity contribution < 1.29 is 4.79 Å². The molecule has 5 heteroatoms. The quantitative estimate of drug-likeness (QED) is 0.628. The van der Waals surface area contributed by atoms with E-state index in [2.05, 4.69) is 10.2 Å². The van der Waals surface area contributed by atoms with E-state index in [0.717, 1.165) is 14.9 Å². The molecular weight excluding hydrogens is 252 g/mol. The molecule has 0 aliphatic rings. The summed E-state index contributed by atoms with van der Waals surface area (Å²) in [6, 6.07) is 9.33. The first-order valence-electron chi connectivity index (χ1n) is 5.23. The molecule has 0 saturated carbocycles. The number of benzene rings is 1. The number of rotatable bonds is 4. The molecule has 2 rings (SSSR count). The monoisotopic (exact) mass is 264 g/mol. The molecule has 0 N–H and O–H groups in total. The van der Waals surface area contributed by atoms with Crippen LogP contribution in [0.25, 0.3) is 0 Å². The highest BCUT2D eigenvalue weighted by Gasteiger charge is 2.17. The summed E-state index contributed by atoms with van der Waals surface area (Å²) in [7, 11) is 0. The molecule has 0 saturated heterocycles. The van der Waals surface area contributed by atoms with E-state index in [1.54, 1.807) is 0 Å². The number of carbonyl (C=O) groups is 1. The van der Waals surface area contributed by atoms with Crippen molar-refractivity contribution in [3.63, 3.8) is 0 Å². The maximum Gasteiger partial charge on any atom is 0.175 e. The molecule has 2 aromatic rings. The van der Waals surface area contributed by atoms with Crippen LogP contribution in [0.5, 0.6) is 0 Å². The second kappa shape index (κ2) is 5.42. The van der Waals surface area contributed by atoms with Crippen LogP contribution in [0.4, 0.5) is 0 Å². The number of carbonyl (C=O) groups excluding carboxylic acids is 1. The average Bonchev–Trinajstić information content (AvgIpc) is 2.75. The molecule has 0 amide bonds. The van der Waals surface area contributed by atoms with Gasteiger partial charge in [-0.3, -0.25) is 4.79 Å². The third kappa shape index (κ3) is 3.14. The number of Topliss-reactive ketones (excluding diaryl/α,β-unsaturated/α-hetero) is 1. The Balaban J connectivity index is 2.06. The maximum absolute atomic E-state index is 12.1. The minimum absolute atomic E-state index is 0.128. The lowest BCUT2D eigenvalue weighted by molar-refractivity contribution is 0.0994. The van der Waals surface area contributed by atoms with Crippen molar-refractivity contribution >= 4 is 28.9 Å². The third-order valence-electron chi connectivity index (χ3n) is 2.21. The van der Waals surface area contributed by atoms with Gasteiger partial charge in [-0.05, 0) is 13.8 Å². The van der Waals surface area contributed by atoms with E-state index in [1.165, 1.54) is 23.1 Å². The Labute approximate surface area is 108 Å². The van der Waals surface area contributed by atoms with Crippen LogP contribution >= 0.6 is 23.1 Å². The van der Waals surface area contributed by atoms with E-state index in [4.69, 9.17) is 0 Å². The third-order valence-corrected chi connectivity index (χ3v) is 4.24. The van der Waals surface area contributed by atoms with Crippen molar-refractivity contribution in [1.82, 2.24) is 10.2 Å². The Kier molecular flexibility index (Phi) is 3.91. The zero-order valence-electron chi connectivity index (χ0n) is 9.58. The second-order valence-electron chi connectivity index (χ2n) is 3.58. The van der Waals surface area contributed by atoms with Crippen molar-refractivity contribution in [1.29, 1.82) is 0 Å². The van der Waals surface area contributed by atoms with Gasteiger partial charge in [0.25, 0.3) is 0 Å². The van der Waals surface area contributed by atoms with Crippen LogP contribution in [0.1, 0.15) is 22.3 Å². The van der Waals surface area contributed by atoms with Crippen LogP contribution < -0.4 is 0 Å². The molecule has 0 aliphatic heterocycles. The summed E-state index contributed by atoms with van der Waals surface area (Å²) in [5, 5.41) is 8.74. The van der Waals surface area contributed by atoms with Crippen molar-refractivity contribution in [2.24, 2.45) is 0 Å². The number of ketones is 1. The minimum Gasteiger partial charge on any atom is -0.293 e. The van der Waals surface area contributed by atoms with Gasteiger partial charge in [0.15, 0.2) is 10.1 Å². The maximum atomic E-state index is 12.1. The van der Waals surface area contributed by atoms with Crippen LogP contribution in [-0.4, -0.2) is 21.2 Å². The number of hydrogen-bond acceptors (Lipinski definition) is 5. The van der Waals surface area contributed by atoms with Crippen LogP contribution in [-0.2, 0) is 0 Å². The van der Waals surface area contributed by atoms with E-state index in [9.17, 15) is 4.79 Å². The number of aromatic nitrogens is 2. The van der Waals surface area contributed by atoms with Crippen molar-refractivity contribution in [3.05, 3.63) is 40.9 Å². The molecule has 1 aromatic heterocycles. The Morgan fingerprint density at radius 3 is 2.59 bits per heavy atom. The van der Waals surface area contributed by atoms with Gasteiger partial charge in [0.05, 0.1) is 5.25 Å². The molecule has 0 unspecified atom stereocenters. The molecular formula is C12H12N2OS2. The van der Waals surface area contributed by atoms with Gasteiger partial charge in [-0.15, -0.1) is 10.2 Å². The van der Waals surface area contributed by atoms with Crippen LogP contribution in [0.15, 0.2) is 34.7 Å². The fraction of sp³-hybridized carbons (Fsp3) is 0.250. The molecule has 0 radical (unpaired) electrons. The fourth-order valence-electron chi connectivity index (χ4n) is 1.37. The van der Waals surface area contributed by atoms with Gasteiger partial charge < -0.3 is 0 Å². The Bertz CT molecular complexity index is 510. The summed E-state index contributed by atoms with van der Waals surface area (Å²) < 4.78 is 0.847. The number of thioether (sulfide) groups is 1. The van der Waals surface area contributed by atoms with Crippen LogP contribution in [0.3, 0.4) is 0 Å². The first-order valence-corrected chi connectivity index (χ1v) is 6.92. The molecule has 1 aromatic carbocycles. The molecule has 0 bridgehead atoms. The van der Waals surface area contributed by atoms with Gasteiger partial charge in [0.1, 0.15) is 5.01 Å². The minimum atomic E-state index is -0.134. The summed E-state index contributed by atoms with van der Waals surface area (Å²) in [6.45, 7) is 3.81. The number of hydrogen-bond donors (Lipinski definition) is 0. The lowest BCUT2D eigenvalue weighted by atomic mass is 10.1. The molecule has 0 fully saturated rings. The fourth-order valence-corrected chi connectivity index (χ4v) is 3.40. The highest BCUT2D eigenvalue weighted by Crippen LogP contribution is 2.27. The van der Waals surface area contributed by atoms with E-state index >= 15 is 0 Å². The van der Waals surface area contributed by atoms with Crippen LogP contribution in [0.2, 0.25) is 0 Å². The highest BCUT2D eigenvalue weighted by molar-refractivity contribution is 8.02. The van der Waals surface area contributed by atoms with Gasteiger partial charge in [-0.2, -0.15) is 0 Å². The van der Waals surface area contributed by atoms with Crippen molar-refractivity contribution in [3.8, 4) is 0 Å². The normalized spacial score (nSPS) is 12.4. The van der Waals surface area contributed by atoms with E-state index < -0.39 is 0 Å². The lowest BCUT2D eigenvalue weighted by Gasteiger charge is -2.07. The van der Waals surface area contributed by atoms with E-state index in [-0.39, 0.29) is 11.0 Å². The van der Waals surface area contributed by atoms with Gasteiger partial charge in [-0.25, -0.2) is 0 Å². The zero-order chi connectivity index (χ0) is 12.3. The number of aryl methyl sites for hydroxylation is 1. The smallest absolute Gasteiger partial charge is 0.175 e. The first kappa shape index (κ1) is 12.3. The van der Waals surface area contributed by atoms with Gasteiger partial charge >= 0.3 is 0 Å². The summed E-state index contributed by atoms with van der Waals surface area (Å²) >= 11 is 2.98. The van der Waals surface area contributed by atoms with Crippen molar-refractivity contribution in [2.75, 3.05) is 0 Å².